The highest BCUT2D eigenvalue weighted by Crippen LogP contribution is 2.26. The molecule has 0 unspecified atom stereocenters. The van der Waals surface area contributed by atoms with Crippen molar-refractivity contribution in [3.8, 4) is 5.69 Å². The molecule has 2 N–H and O–H groups in total. The average Bonchev–Trinajstić information content (AvgIpc) is 3.25. The first-order valence-electron chi connectivity index (χ1n) is 8.26. The lowest BCUT2D eigenvalue weighted by Crippen LogP contribution is -2.37. The first-order chi connectivity index (χ1) is 11.6. The molecule has 1 saturated heterocycles. The van der Waals surface area contributed by atoms with Gasteiger partial charge in [0.05, 0.1) is 24.2 Å². The first-order valence-corrected chi connectivity index (χ1v) is 8.26. The second kappa shape index (κ2) is 7.44. The van der Waals surface area contributed by atoms with Crippen molar-refractivity contribution >= 4 is 11.7 Å². The van der Waals surface area contributed by atoms with E-state index in [0.29, 0.717) is 18.4 Å². The summed E-state index contributed by atoms with van der Waals surface area (Å²) in [6.45, 7) is 5.71. The molecule has 1 aromatic heterocycles. The summed E-state index contributed by atoms with van der Waals surface area (Å²) < 4.78 is 7.40. The monoisotopic (exact) mass is 329 g/mol. The quantitative estimate of drug-likeness (QED) is 0.883. The predicted molar refractivity (Wildman–Crippen MR) is 91.1 cm³/mol. The van der Waals surface area contributed by atoms with Crippen LogP contribution in [0.4, 0.5) is 10.5 Å². The number of amides is 2. The summed E-state index contributed by atoms with van der Waals surface area (Å²) >= 11 is 0. The Labute approximate surface area is 141 Å². The van der Waals surface area contributed by atoms with E-state index in [1.165, 1.54) is 0 Å². The average molecular weight is 329 g/mol. The van der Waals surface area contributed by atoms with Gasteiger partial charge in [-0.15, -0.1) is 5.10 Å². The molecule has 128 valence electrons. The number of carbonyl (C=O) groups is 1. The maximum atomic E-state index is 12.1. The number of nitrogens with one attached hydrogen (secondary N) is 2. The zero-order valence-electron chi connectivity index (χ0n) is 14.0. The Bertz CT molecular complexity index is 654. The fourth-order valence-electron chi connectivity index (χ4n) is 3.05. The summed E-state index contributed by atoms with van der Waals surface area (Å²) in [4.78, 5) is 12.1. The van der Waals surface area contributed by atoms with Crippen molar-refractivity contribution in [2.75, 3.05) is 18.5 Å². The molecule has 2 atom stereocenters. The van der Waals surface area contributed by atoms with E-state index in [4.69, 9.17) is 4.74 Å². The topological polar surface area (TPSA) is 81.1 Å². The van der Waals surface area contributed by atoms with Gasteiger partial charge in [-0.25, -0.2) is 9.48 Å². The number of ether oxygens (including phenoxy) is 1. The largest absolute Gasteiger partial charge is 0.378 e. The molecule has 1 aliphatic heterocycles. The smallest absolute Gasteiger partial charge is 0.319 e. The van der Waals surface area contributed by atoms with Crippen molar-refractivity contribution in [3.63, 3.8) is 0 Å². The third-order valence-corrected chi connectivity index (χ3v) is 4.26. The van der Waals surface area contributed by atoms with Crippen LogP contribution in [0.15, 0.2) is 36.7 Å². The molecule has 1 aliphatic rings. The van der Waals surface area contributed by atoms with Crippen molar-refractivity contribution < 1.29 is 9.53 Å². The molecule has 0 bridgehead atoms. The van der Waals surface area contributed by atoms with E-state index in [0.717, 1.165) is 24.4 Å². The lowest BCUT2D eigenvalue weighted by atomic mass is 9.93. The lowest BCUT2D eigenvalue weighted by Gasteiger charge is -2.22. The van der Waals surface area contributed by atoms with Crippen LogP contribution in [-0.4, -0.2) is 40.3 Å². The Kier molecular flexibility index (Phi) is 5.10. The number of urea groups is 1. The lowest BCUT2D eigenvalue weighted by molar-refractivity contribution is 0.0546. The highest BCUT2D eigenvalue weighted by Gasteiger charge is 2.30. The van der Waals surface area contributed by atoms with Crippen LogP contribution < -0.4 is 10.6 Å². The molecule has 0 spiro atoms. The minimum Gasteiger partial charge on any atom is -0.378 e. The molecule has 7 nitrogen and oxygen atoms in total. The normalized spacial score (nSPS) is 20.3. The van der Waals surface area contributed by atoms with Crippen LogP contribution in [0.5, 0.6) is 0 Å². The van der Waals surface area contributed by atoms with Gasteiger partial charge >= 0.3 is 6.03 Å². The maximum absolute atomic E-state index is 12.1. The SMILES string of the molecule is CC(C)[C@@H]1OCC[C@H]1CNC(=O)Nc1ccc(-n2ccnn2)cc1. The van der Waals surface area contributed by atoms with Gasteiger partial charge in [0.1, 0.15) is 0 Å². The summed E-state index contributed by atoms with van der Waals surface area (Å²) in [5.74, 6) is 0.845. The molecular formula is C17H23N5O2. The van der Waals surface area contributed by atoms with Gasteiger partial charge in [0, 0.05) is 24.8 Å². The Morgan fingerprint density at radius 1 is 1.38 bits per heavy atom. The van der Waals surface area contributed by atoms with Crippen LogP contribution in [0.2, 0.25) is 0 Å². The molecule has 7 heteroatoms. The molecule has 1 aromatic carbocycles. The fraction of sp³-hybridized carbons (Fsp3) is 0.471. The molecule has 2 heterocycles. The summed E-state index contributed by atoms with van der Waals surface area (Å²) in [5, 5.41) is 13.5. The number of nitrogens with zero attached hydrogens (tertiary/aromatic N) is 3. The Hall–Kier alpha value is -2.41. The van der Waals surface area contributed by atoms with Gasteiger partial charge in [0.2, 0.25) is 0 Å². The number of benzene rings is 1. The number of anilines is 1. The Morgan fingerprint density at radius 3 is 2.83 bits per heavy atom. The van der Waals surface area contributed by atoms with Crippen LogP contribution in [0.25, 0.3) is 5.69 Å². The van der Waals surface area contributed by atoms with Gasteiger partial charge in [-0.05, 0) is 36.6 Å². The first kappa shape index (κ1) is 16.4. The highest BCUT2D eigenvalue weighted by molar-refractivity contribution is 5.89. The van der Waals surface area contributed by atoms with Gasteiger partial charge in [-0.1, -0.05) is 19.1 Å². The summed E-state index contributed by atoms with van der Waals surface area (Å²) in [6, 6.07) is 7.24. The van der Waals surface area contributed by atoms with Crippen LogP contribution >= 0.6 is 0 Å². The second-order valence-electron chi connectivity index (χ2n) is 6.36. The zero-order valence-corrected chi connectivity index (χ0v) is 14.0. The molecule has 0 aliphatic carbocycles. The molecule has 2 amide bonds. The minimum absolute atomic E-state index is 0.196. The maximum Gasteiger partial charge on any atom is 0.319 e. The summed E-state index contributed by atoms with van der Waals surface area (Å²) in [7, 11) is 0. The number of hydrogen-bond acceptors (Lipinski definition) is 4. The van der Waals surface area contributed by atoms with E-state index in [9.17, 15) is 4.79 Å². The third-order valence-electron chi connectivity index (χ3n) is 4.26. The van der Waals surface area contributed by atoms with Gasteiger partial charge < -0.3 is 15.4 Å². The molecular weight excluding hydrogens is 306 g/mol. The van der Waals surface area contributed by atoms with Crippen molar-refractivity contribution in [3.05, 3.63) is 36.7 Å². The molecule has 3 rings (SSSR count). The predicted octanol–water partition coefficient (Wildman–Crippen LogP) is 2.45. The second-order valence-corrected chi connectivity index (χ2v) is 6.36. The molecule has 0 radical (unpaired) electrons. The van der Waals surface area contributed by atoms with E-state index in [1.807, 2.05) is 24.3 Å². The summed E-state index contributed by atoms with van der Waals surface area (Å²) in [5.41, 5.74) is 1.63. The standard InChI is InChI=1S/C17H23N5O2/c1-12(2)16-13(7-10-24-16)11-18-17(23)20-14-3-5-15(6-4-14)22-9-8-19-21-22/h3-6,8-9,12-13,16H,7,10-11H2,1-2H3,(H2,18,20,23)/t13-,16-/m0/s1. The van der Waals surface area contributed by atoms with Crippen LogP contribution in [0.3, 0.4) is 0 Å². The van der Waals surface area contributed by atoms with Gasteiger partial charge in [0.15, 0.2) is 0 Å². The van der Waals surface area contributed by atoms with Crippen molar-refractivity contribution in [1.82, 2.24) is 20.3 Å². The fourth-order valence-corrected chi connectivity index (χ4v) is 3.05. The van der Waals surface area contributed by atoms with Crippen molar-refractivity contribution in [1.29, 1.82) is 0 Å². The number of carbonyl (C=O) groups excluding carboxylic acids is 1. The van der Waals surface area contributed by atoms with Gasteiger partial charge in [-0.2, -0.15) is 0 Å². The van der Waals surface area contributed by atoms with Crippen LogP contribution in [0, 0.1) is 11.8 Å². The van der Waals surface area contributed by atoms with E-state index in [-0.39, 0.29) is 12.1 Å². The zero-order chi connectivity index (χ0) is 16.9. The number of rotatable bonds is 5. The molecule has 2 aromatic rings. The van der Waals surface area contributed by atoms with E-state index >= 15 is 0 Å². The van der Waals surface area contributed by atoms with E-state index in [2.05, 4.69) is 34.8 Å². The van der Waals surface area contributed by atoms with Crippen molar-refractivity contribution in [2.24, 2.45) is 11.8 Å². The third kappa shape index (κ3) is 3.91. The molecule has 0 saturated carbocycles. The Morgan fingerprint density at radius 2 is 2.17 bits per heavy atom. The number of aromatic nitrogens is 3. The molecule has 1 fully saturated rings. The van der Waals surface area contributed by atoms with E-state index < -0.39 is 0 Å². The van der Waals surface area contributed by atoms with Gasteiger partial charge in [0.25, 0.3) is 0 Å². The number of hydrogen-bond donors (Lipinski definition) is 2. The minimum atomic E-state index is -0.196. The molecule has 24 heavy (non-hydrogen) atoms. The summed E-state index contributed by atoms with van der Waals surface area (Å²) in [6.07, 6.45) is 4.61. The van der Waals surface area contributed by atoms with Crippen molar-refractivity contribution in [2.45, 2.75) is 26.4 Å². The van der Waals surface area contributed by atoms with Crippen LogP contribution in [0.1, 0.15) is 20.3 Å². The van der Waals surface area contributed by atoms with Gasteiger partial charge in [-0.3, -0.25) is 0 Å². The Balaban J connectivity index is 1.50. The highest BCUT2D eigenvalue weighted by atomic mass is 16.5. The van der Waals surface area contributed by atoms with E-state index in [1.54, 1.807) is 17.1 Å². The van der Waals surface area contributed by atoms with Crippen LogP contribution in [-0.2, 0) is 4.74 Å².